The number of hydrogen-bond acceptors (Lipinski definition) is 5. The van der Waals surface area contributed by atoms with Crippen molar-refractivity contribution in [2.75, 3.05) is 5.75 Å². The highest BCUT2D eigenvalue weighted by atomic mass is 35.5. The molecule has 0 aromatic heterocycles. The summed E-state index contributed by atoms with van der Waals surface area (Å²) in [5.74, 6) is 0.660. The van der Waals surface area contributed by atoms with Gasteiger partial charge in [0.05, 0.1) is 16.9 Å². The van der Waals surface area contributed by atoms with E-state index in [1.165, 1.54) is 30.1 Å². The van der Waals surface area contributed by atoms with Gasteiger partial charge in [-0.25, -0.2) is 5.43 Å². The molecular formula is C16H14ClN3O3S. The Kier molecular flexibility index (Phi) is 6.77. The number of halogens is 1. The maximum Gasteiger partial charge on any atom is 0.269 e. The molecule has 124 valence electrons. The fourth-order valence-corrected chi connectivity index (χ4v) is 2.87. The molecular weight excluding hydrogens is 350 g/mol. The molecule has 6 nitrogen and oxygen atoms in total. The molecule has 0 aliphatic heterocycles. The van der Waals surface area contributed by atoms with E-state index in [4.69, 9.17) is 11.6 Å². The zero-order valence-corrected chi connectivity index (χ0v) is 14.1. The number of hydrazone groups is 1. The number of nitro groups is 1. The molecule has 2 aromatic rings. The third kappa shape index (κ3) is 5.68. The Morgan fingerprint density at radius 1 is 1.25 bits per heavy atom. The molecule has 0 atom stereocenters. The average molecular weight is 364 g/mol. The zero-order chi connectivity index (χ0) is 17.4. The van der Waals surface area contributed by atoms with Crippen molar-refractivity contribution in [3.05, 3.63) is 74.8 Å². The Hall–Kier alpha value is -2.38. The van der Waals surface area contributed by atoms with Crippen molar-refractivity contribution in [3.8, 4) is 0 Å². The molecule has 8 heteroatoms. The summed E-state index contributed by atoms with van der Waals surface area (Å²) < 4.78 is 0. The van der Waals surface area contributed by atoms with Crippen LogP contribution in [0.5, 0.6) is 0 Å². The number of amides is 1. The fourth-order valence-electron chi connectivity index (χ4n) is 1.76. The first-order chi connectivity index (χ1) is 11.6. The van der Waals surface area contributed by atoms with Crippen LogP contribution in [0.25, 0.3) is 0 Å². The second-order valence-corrected chi connectivity index (χ2v) is 6.12. The van der Waals surface area contributed by atoms with Gasteiger partial charge in [0.25, 0.3) is 5.69 Å². The lowest BCUT2D eigenvalue weighted by Gasteiger charge is -2.03. The van der Waals surface area contributed by atoms with E-state index in [2.05, 4.69) is 10.5 Å². The molecule has 0 aliphatic rings. The van der Waals surface area contributed by atoms with Crippen LogP contribution >= 0.6 is 23.4 Å². The second kappa shape index (κ2) is 9.05. The van der Waals surface area contributed by atoms with E-state index in [9.17, 15) is 14.9 Å². The number of hydrogen-bond donors (Lipinski definition) is 1. The number of carbonyl (C=O) groups excluding carboxylic acids is 1. The van der Waals surface area contributed by atoms with Gasteiger partial charge in [0.2, 0.25) is 5.91 Å². The van der Waals surface area contributed by atoms with Crippen LogP contribution in [0.4, 0.5) is 5.69 Å². The highest BCUT2D eigenvalue weighted by Crippen LogP contribution is 2.20. The van der Waals surface area contributed by atoms with Gasteiger partial charge in [0.15, 0.2) is 0 Å². The van der Waals surface area contributed by atoms with E-state index >= 15 is 0 Å². The molecule has 0 saturated carbocycles. The summed E-state index contributed by atoms with van der Waals surface area (Å²) >= 11 is 7.48. The molecule has 0 spiro atoms. The lowest BCUT2D eigenvalue weighted by atomic mass is 10.2. The van der Waals surface area contributed by atoms with Gasteiger partial charge in [-0.2, -0.15) is 5.10 Å². The van der Waals surface area contributed by atoms with Crippen molar-refractivity contribution < 1.29 is 9.72 Å². The number of nitrogens with one attached hydrogen (secondary N) is 1. The number of thioether (sulfide) groups is 1. The first-order valence-corrected chi connectivity index (χ1v) is 8.47. The van der Waals surface area contributed by atoms with Crippen molar-refractivity contribution in [1.29, 1.82) is 0 Å². The van der Waals surface area contributed by atoms with E-state index in [0.717, 1.165) is 5.56 Å². The maximum atomic E-state index is 11.7. The van der Waals surface area contributed by atoms with E-state index in [1.807, 2.05) is 24.3 Å². The van der Waals surface area contributed by atoms with Gasteiger partial charge in [0, 0.05) is 22.9 Å². The predicted octanol–water partition coefficient (Wildman–Crippen LogP) is 3.63. The number of nitrogens with zero attached hydrogens (tertiary/aromatic N) is 2. The molecule has 2 rings (SSSR count). The second-order valence-electron chi connectivity index (χ2n) is 4.73. The topological polar surface area (TPSA) is 84.6 Å². The largest absolute Gasteiger partial charge is 0.272 e. The van der Waals surface area contributed by atoms with Gasteiger partial charge in [-0.3, -0.25) is 14.9 Å². The highest BCUT2D eigenvalue weighted by molar-refractivity contribution is 7.99. The molecule has 2 aromatic carbocycles. The van der Waals surface area contributed by atoms with Crippen LogP contribution in [0.15, 0.2) is 53.6 Å². The molecule has 0 radical (unpaired) electrons. The summed E-state index contributed by atoms with van der Waals surface area (Å²) in [4.78, 5) is 21.8. The standard InChI is InChI=1S/C16H14ClN3O3S/c17-15-4-2-1-3-13(15)10-24-11-16(21)19-18-9-12-5-7-14(8-6-12)20(22)23/h1-9H,10-11H2,(H,19,21)/b18-9+. The van der Waals surface area contributed by atoms with Crippen LogP contribution in [0, 0.1) is 10.1 Å². The third-order valence-corrected chi connectivity index (χ3v) is 4.31. The van der Waals surface area contributed by atoms with Crippen LogP contribution in [-0.2, 0) is 10.5 Å². The van der Waals surface area contributed by atoms with Crippen LogP contribution in [-0.4, -0.2) is 22.8 Å². The SMILES string of the molecule is O=C(CSCc1ccccc1Cl)N/N=C/c1ccc([N+](=O)[O-])cc1. The van der Waals surface area contributed by atoms with Gasteiger partial charge < -0.3 is 0 Å². The van der Waals surface area contributed by atoms with Gasteiger partial charge in [-0.15, -0.1) is 11.8 Å². The Bertz CT molecular complexity index is 750. The lowest BCUT2D eigenvalue weighted by Crippen LogP contribution is -2.19. The van der Waals surface area contributed by atoms with E-state index < -0.39 is 4.92 Å². The van der Waals surface area contributed by atoms with Crippen LogP contribution in [0.1, 0.15) is 11.1 Å². The van der Waals surface area contributed by atoms with E-state index in [0.29, 0.717) is 16.3 Å². The number of rotatable bonds is 7. The zero-order valence-electron chi connectivity index (χ0n) is 12.5. The molecule has 1 N–H and O–H groups in total. The van der Waals surface area contributed by atoms with Crippen molar-refractivity contribution in [2.24, 2.45) is 5.10 Å². The number of carbonyl (C=O) groups is 1. The Balaban J connectivity index is 1.74. The lowest BCUT2D eigenvalue weighted by molar-refractivity contribution is -0.384. The van der Waals surface area contributed by atoms with Gasteiger partial charge in [0.1, 0.15) is 0 Å². The molecule has 0 saturated heterocycles. The van der Waals surface area contributed by atoms with Crippen LogP contribution in [0.2, 0.25) is 5.02 Å². The third-order valence-electron chi connectivity index (χ3n) is 2.96. The Morgan fingerprint density at radius 2 is 1.96 bits per heavy atom. The van der Waals surface area contributed by atoms with E-state index in [-0.39, 0.29) is 17.3 Å². The fraction of sp³-hybridized carbons (Fsp3) is 0.125. The minimum absolute atomic E-state index is 0.00663. The number of non-ortho nitro benzene ring substituents is 1. The maximum absolute atomic E-state index is 11.7. The van der Waals surface area contributed by atoms with Crippen molar-refractivity contribution in [3.63, 3.8) is 0 Å². The molecule has 0 aliphatic carbocycles. The van der Waals surface area contributed by atoms with Gasteiger partial charge >= 0.3 is 0 Å². The summed E-state index contributed by atoms with van der Waals surface area (Å²) in [6.45, 7) is 0. The van der Waals surface area contributed by atoms with Gasteiger partial charge in [-0.05, 0) is 29.3 Å². The Labute approximate surface area is 148 Å². The molecule has 0 fully saturated rings. The summed E-state index contributed by atoms with van der Waals surface area (Å²) in [6, 6.07) is 13.4. The number of nitro benzene ring substituents is 1. The smallest absolute Gasteiger partial charge is 0.269 e. The van der Waals surface area contributed by atoms with E-state index in [1.54, 1.807) is 12.1 Å². The van der Waals surface area contributed by atoms with Crippen molar-refractivity contribution in [2.45, 2.75) is 5.75 Å². The minimum Gasteiger partial charge on any atom is -0.272 e. The number of benzene rings is 2. The summed E-state index contributed by atoms with van der Waals surface area (Å²) in [7, 11) is 0. The minimum atomic E-state index is -0.473. The predicted molar refractivity (Wildman–Crippen MR) is 96.4 cm³/mol. The summed E-state index contributed by atoms with van der Waals surface area (Å²) in [6.07, 6.45) is 1.43. The normalized spacial score (nSPS) is 10.7. The first-order valence-electron chi connectivity index (χ1n) is 6.94. The molecule has 0 unspecified atom stereocenters. The molecule has 24 heavy (non-hydrogen) atoms. The highest BCUT2D eigenvalue weighted by Gasteiger charge is 2.04. The first kappa shape index (κ1) is 18.0. The Morgan fingerprint density at radius 3 is 2.62 bits per heavy atom. The van der Waals surface area contributed by atoms with Crippen LogP contribution in [0.3, 0.4) is 0 Å². The quantitative estimate of drug-likeness (QED) is 0.462. The van der Waals surface area contributed by atoms with Crippen molar-refractivity contribution >= 4 is 41.2 Å². The van der Waals surface area contributed by atoms with Gasteiger partial charge in [-0.1, -0.05) is 29.8 Å². The van der Waals surface area contributed by atoms with Crippen LogP contribution < -0.4 is 5.43 Å². The summed E-state index contributed by atoms with van der Waals surface area (Å²) in [5, 5.41) is 15.1. The average Bonchev–Trinajstić information content (AvgIpc) is 2.57. The molecule has 0 heterocycles. The monoisotopic (exact) mass is 363 g/mol. The molecule has 0 bridgehead atoms. The summed E-state index contributed by atoms with van der Waals surface area (Å²) in [5.41, 5.74) is 4.05. The molecule has 1 amide bonds. The van der Waals surface area contributed by atoms with Crippen molar-refractivity contribution in [1.82, 2.24) is 5.43 Å².